The van der Waals surface area contributed by atoms with Gasteiger partial charge in [-0.3, -0.25) is 4.79 Å². The minimum atomic E-state index is -3.52. The van der Waals surface area contributed by atoms with Gasteiger partial charge >= 0.3 is 0 Å². The van der Waals surface area contributed by atoms with Crippen LogP contribution >= 0.6 is 0 Å². The molecule has 1 amide bonds. The van der Waals surface area contributed by atoms with Crippen LogP contribution in [-0.2, 0) is 20.6 Å². The summed E-state index contributed by atoms with van der Waals surface area (Å²) in [5.74, 6) is -0.994. The third-order valence-electron chi connectivity index (χ3n) is 6.24. The van der Waals surface area contributed by atoms with Gasteiger partial charge in [0.2, 0.25) is 15.9 Å². The Kier molecular flexibility index (Phi) is 6.76. The van der Waals surface area contributed by atoms with E-state index in [9.17, 15) is 22.0 Å². The van der Waals surface area contributed by atoms with Crippen LogP contribution in [0.5, 0.6) is 0 Å². The molecule has 2 heterocycles. The molecule has 9 heteroatoms. The Balaban J connectivity index is 1.28. The number of hydrogen-bond donors (Lipinski definition) is 0. The summed E-state index contributed by atoms with van der Waals surface area (Å²) in [6, 6.07) is 12.1. The molecule has 2 fully saturated rings. The summed E-state index contributed by atoms with van der Waals surface area (Å²) in [5.41, 5.74) is 1.09. The topological polar surface area (TPSA) is 60.9 Å². The molecule has 2 aliphatic heterocycles. The van der Waals surface area contributed by atoms with Gasteiger partial charge in [0.25, 0.3) is 0 Å². The lowest BCUT2D eigenvalue weighted by Gasteiger charge is -2.39. The minimum absolute atomic E-state index is 0.0498. The van der Waals surface area contributed by atoms with E-state index in [1.807, 2.05) is 9.80 Å². The molecule has 0 unspecified atom stereocenters. The van der Waals surface area contributed by atoms with Gasteiger partial charge in [-0.15, -0.1) is 0 Å². The highest BCUT2D eigenvalue weighted by atomic mass is 32.2. The molecule has 172 valence electrons. The van der Waals surface area contributed by atoms with Gasteiger partial charge in [-0.25, -0.2) is 21.5 Å². The van der Waals surface area contributed by atoms with Gasteiger partial charge in [-0.1, -0.05) is 24.3 Å². The van der Waals surface area contributed by atoms with Gasteiger partial charge in [0, 0.05) is 45.2 Å². The van der Waals surface area contributed by atoms with Crippen molar-refractivity contribution in [1.29, 1.82) is 0 Å². The Morgan fingerprint density at radius 2 is 1.50 bits per heavy atom. The number of para-hydroxylation sites is 1. The number of carbonyl (C=O) groups is 1. The smallest absolute Gasteiger partial charge is 0.225 e. The lowest BCUT2D eigenvalue weighted by atomic mass is 9.96. The molecule has 32 heavy (non-hydrogen) atoms. The quantitative estimate of drug-likeness (QED) is 0.684. The Labute approximate surface area is 187 Å². The minimum Gasteiger partial charge on any atom is -0.366 e. The zero-order chi connectivity index (χ0) is 22.7. The molecule has 0 radical (unpaired) electrons. The summed E-state index contributed by atoms with van der Waals surface area (Å²) in [5, 5.41) is 0. The van der Waals surface area contributed by atoms with Crippen LogP contribution in [0.15, 0.2) is 48.5 Å². The number of amides is 1. The predicted octanol–water partition coefficient (Wildman–Crippen LogP) is 2.86. The van der Waals surface area contributed by atoms with Gasteiger partial charge in [-0.2, -0.15) is 0 Å². The fraction of sp³-hybridized carbons (Fsp3) is 0.435. The number of carbonyl (C=O) groups excluding carboxylic acids is 1. The molecule has 2 saturated heterocycles. The highest BCUT2D eigenvalue weighted by Crippen LogP contribution is 2.25. The molecule has 2 aliphatic rings. The summed E-state index contributed by atoms with van der Waals surface area (Å²) < 4.78 is 53.9. The van der Waals surface area contributed by atoms with Crippen molar-refractivity contribution in [2.75, 3.05) is 44.2 Å². The van der Waals surface area contributed by atoms with Gasteiger partial charge < -0.3 is 9.80 Å². The number of piperazine rings is 1. The van der Waals surface area contributed by atoms with E-state index in [-0.39, 0.29) is 23.4 Å². The second-order valence-electron chi connectivity index (χ2n) is 8.32. The lowest BCUT2D eigenvalue weighted by Crippen LogP contribution is -2.52. The molecule has 0 atom stereocenters. The van der Waals surface area contributed by atoms with E-state index in [0.29, 0.717) is 63.4 Å². The summed E-state index contributed by atoms with van der Waals surface area (Å²) in [4.78, 5) is 16.7. The Morgan fingerprint density at radius 1 is 0.875 bits per heavy atom. The fourth-order valence-electron chi connectivity index (χ4n) is 4.40. The van der Waals surface area contributed by atoms with Crippen molar-refractivity contribution >= 4 is 21.6 Å². The largest absolute Gasteiger partial charge is 0.366 e. The van der Waals surface area contributed by atoms with Crippen LogP contribution in [0.3, 0.4) is 0 Å². The van der Waals surface area contributed by atoms with Crippen molar-refractivity contribution in [2.24, 2.45) is 5.92 Å². The monoisotopic (exact) mass is 463 g/mol. The van der Waals surface area contributed by atoms with E-state index in [1.165, 1.54) is 34.6 Å². The van der Waals surface area contributed by atoms with Gasteiger partial charge in [0.15, 0.2) is 0 Å². The van der Waals surface area contributed by atoms with E-state index < -0.39 is 15.8 Å². The third-order valence-corrected chi connectivity index (χ3v) is 8.09. The molecule has 0 aromatic heterocycles. The van der Waals surface area contributed by atoms with Crippen LogP contribution in [0.1, 0.15) is 18.4 Å². The summed E-state index contributed by atoms with van der Waals surface area (Å²) in [6.07, 6.45) is 0.962. The fourth-order valence-corrected chi connectivity index (χ4v) is 5.96. The zero-order valence-corrected chi connectivity index (χ0v) is 18.6. The Hall–Kier alpha value is -2.52. The second-order valence-corrected chi connectivity index (χ2v) is 10.3. The van der Waals surface area contributed by atoms with Crippen LogP contribution in [0, 0.1) is 17.6 Å². The first-order chi connectivity index (χ1) is 15.3. The van der Waals surface area contributed by atoms with Crippen LogP contribution in [0.2, 0.25) is 0 Å². The summed E-state index contributed by atoms with van der Waals surface area (Å²) >= 11 is 0. The summed E-state index contributed by atoms with van der Waals surface area (Å²) in [7, 11) is -3.52. The van der Waals surface area contributed by atoms with Gasteiger partial charge in [0.1, 0.15) is 11.6 Å². The number of sulfonamides is 1. The lowest BCUT2D eigenvalue weighted by molar-refractivity contribution is -0.137. The molecule has 2 aromatic carbocycles. The number of piperidine rings is 1. The van der Waals surface area contributed by atoms with Gasteiger partial charge in [-0.05, 0) is 42.7 Å². The first kappa shape index (κ1) is 22.7. The number of rotatable bonds is 5. The van der Waals surface area contributed by atoms with E-state index in [4.69, 9.17) is 0 Å². The average molecular weight is 464 g/mol. The van der Waals surface area contributed by atoms with E-state index in [0.717, 1.165) is 0 Å². The van der Waals surface area contributed by atoms with E-state index >= 15 is 0 Å². The van der Waals surface area contributed by atoms with Crippen molar-refractivity contribution in [3.63, 3.8) is 0 Å². The molecule has 0 saturated carbocycles. The maximum atomic E-state index is 14.0. The molecular weight excluding hydrogens is 436 g/mol. The predicted molar refractivity (Wildman–Crippen MR) is 119 cm³/mol. The Morgan fingerprint density at radius 3 is 2.12 bits per heavy atom. The zero-order valence-electron chi connectivity index (χ0n) is 17.8. The molecule has 0 aliphatic carbocycles. The molecule has 0 spiro atoms. The van der Waals surface area contributed by atoms with Crippen molar-refractivity contribution < 1.29 is 22.0 Å². The number of anilines is 1. The molecule has 4 rings (SSSR count). The van der Waals surface area contributed by atoms with Crippen molar-refractivity contribution in [3.05, 3.63) is 65.7 Å². The maximum Gasteiger partial charge on any atom is 0.225 e. The van der Waals surface area contributed by atoms with Crippen molar-refractivity contribution in [1.82, 2.24) is 9.21 Å². The van der Waals surface area contributed by atoms with Crippen LogP contribution < -0.4 is 4.90 Å². The van der Waals surface area contributed by atoms with E-state index in [1.54, 1.807) is 18.2 Å². The number of halogens is 2. The maximum absolute atomic E-state index is 14.0. The average Bonchev–Trinajstić information content (AvgIpc) is 2.80. The number of hydrogen-bond acceptors (Lipinski definition) is 4. The highest BCUT2D eigenvalue weighted by Gasteiger charge is 2.34. The van der Waals surface area contributed by atoms with Gasteiger partial charge in [0.05, 0.1) is 11.4 Å². The molecule has 2 aromatic rings. The standard InChI is InChI=1S/C23H27F2N3O3S/c24-20-7-5-18(6-8-20)17-32(30,31)28-11-9-19(10-12-28)23(29)27-15-13-26(14-16-27)22-4-2-1-3-21(22)25/h1-8,19H,9-17H2. The van der Waals surface area contributed by atoms with Crippen LogP contribution in [0.25, 0.3) is 0 Å². The summed E-state index contributed by atoms with van der Waals surface area (Å²) in [6.45, 7) is 2.78. The van der Waals surface area contributed by atoms with Crippen molar-refractivity contribution in [3.8, 4) is 0 Å². The number of benzene rings is 2. The first-order valence-corrected chi connectivity index (χ1v) is 12.4. The van der Waals surface area contributed by atoms with Crippen LogP contribution in [-0.4, -0.2) is 62.8 Å². The molecule has 0 N–H and O–H groups in total. The molecule has 0 bridgehead atoms. The first-order valence-electron chi connectivity index (χ1n) is 10.8. The SMILES string of the molecule is O=C(C1CCN(S(=O)(=O)Cc2ccc(F)cc2)CC1)N1CCN(c2ccccc2F)CC1. The second kappa shape index (κ2) is 9.54. The van der Waals surface area contributed by atoms with Crippen molar-refractivity contribution in [2.45, 2.75) is 18.6 Å². The highest BCUT2D eigenvalue weighted by molar-refractivity contribution is 7.88. The van der Waals surface area contributed by atoms with Crippen LogP contribution in [0.4, 0.5) is 14.5 Å². The number of nitrogens with zero attached hydrogens (tertiary/aromatic N) is 3. The van der Waals surface area contributed by atoms with E-state index in [2.05, 4.69) is 0 Å². The molecular formula is C23H27F2N3O3S. The molecule has 6 nitrogen and oxygen atoms in total. The normalized spacial score (nSPS) is 18.7. The Bertz CT molecular complexity index is 1050. The third kappa shape index (κ3) is 5.10.